The summed E-state index contributed by atoms with van der Waals surface area (Å²) < 4.78 is 1.54. The molecule has 0 saturated carbocycles. The zero-order valence-corrected chi connectivity index (χ0v) is 10.4. The number of nitrogens with one attached hydrogen (secondary N) is 1. The van der Waals surface area contributed by atoms with Crippen molar-refractivity contribution < 1.29 is 4.79 Å². The van der Waals surface area contributed by atoms with Crippen LogP contribution >= 0.6 is 0 Å². The number of amides is 1. The molecule has 0 bridgehead atoms. The molecule has 0 aromatic carbocycles. The third-order valence-corrected chi connectivity index (χ3v) is 2.23. The number of nitrogen functional groups attached to an aromatic ring is 1. The molecule has 5 heteroatoms. The van der Waals surface area contributed by atoms with Crippen LogP contribution in [0.2, 0.25) is 0 Å². The number of nitrogens with two attached hydrogens (primary N) is 1. The van der Waals surface area contributed by atoms with E-state index < -0.39 is 0 Å². The summed E-state index contributed by atoms with van der Waals surface area (Å²) in [5.74, 6) is -0.206. The minimum absolute atomic E-state index is 0.206. The van der Waals surface area contributed by atoms with Crippen molar-refractivity contribution in [3.63, 3.8) is 0 Å². The number of hydrogen-bond donors (Lipinski definition) is 2. The molecule has 0 fully saturated rings. The van der Waals surface area contributed by atoms with Gasteiger partial charge in [0.25, 0.3) is 5.91 Å². The van der Waals surface area contributed by atoms with E-state index in [1.807, 2.05) is 0 Å². The Morgan fingerprint density at radius 2 is 2.19 bits per heavy atom. The average molecular weight is 224 g/mol. The van der Waals surface area contributed by atoms with Gasteiger partial charge in [0, 0.05) is 19.8 Å². The van der Waals surface area contributed by atoms with Crippen molar-refractivity contribution in [3.05, 3.63) is 11.9 Å². The Bertz CT molecular complexity index is 376. The molecule has 1 aromatic rings. The maximum Gasteiger partial charge on any atom is 0.273 e. The largest absolute Gasteiger partial charge is 0.396 e. The Kier molecular flexibility index (Phi) is 3.57. The van der Waals surface area contributed by atoms with Crippen molar-refractivity contribution in [1.82, 2.24) is 15.1 Å². The number of nitrogens with zero attached hydrogens (tertiary/aromatic N) is 2. The first kappa shape index (κ1) is 12.5. The quantitative estimate of drug-likeness (QED) is 0.809. The SMILES string of the molecule is Cn1cc(N)c(C(=O)NCCC(C)(C)C)n1. The Labute approximate surface area is 96.0 Å². The maximum atomic E-state index is 11.7. The summed E-state index contributed by atoms with van der Waals surface area (Å²) in [6.07, 6.45) is 2.55. The molecule has 0 aliphatic rings. The van der Waals surface area contributed by atoms with E-state index in [0.717, 1.165) is 6.42 Å². The van der Waals surface area contributed by atoms with Gasteiger partial charge >= 0.3 is 0 Å². The monoisotopic (exact) mass is 224 g/mol. The lowest BCUT2D eigenvalue weighted by Crippen LogP contribution is -2.28. The van der Waals surface area contributed by atoms with Gasteiger partial charge in [0.2, 0.25) is 0 Å². The van der Waals surface area contributed by atoms with Crippen LogP contribution in [0.1, 0.15) is 37.7 Å². The molecular weight excluding hydrogens is 204 g/mol. The number of aryl methyl sites for hydroxylation is 1. The first-order chi connectivity index (χ1) is 7.29. The van der Waals surface area contributed by atoms with E-state index in [1.165, 1.54) is 4.68 Å². The highest BCUT2D eigenvalue weighted by atomic mass is 16.1. The van der Waals surface area contributed by atoms with Crippen LogP contribution in [0.25, 0.3) is 0 Å². The smallest absolute Gasteiger partial charge is 0.273 e. The number of anilines is 1. The van der Waals surface area contributed by atoms with E-state index in [0.29, 0.717) is 17.9 Å². The third kappa shape index (κ3) is 3.56. The molecule has 0 aliphatic heterocycles. The summed E-state index contributed by atoms with van der Waals surface area (Å²) in [4.78, 5) is 11.7. The van der Waals surface area contributed by atoms with Gasteiger partial charge in [0.05, 0.1) is 5.69 Å². The Balaban J connectivity index is 2.51. The van der Waals surface area contributed by atoms with Crippen LogP contribution in [0.15, 0.2) is 6.20 Å². The molecule has 90 valence electrons. The van der Waals surface area contributed by atoms with E-state index in [2.05, 4.69) is 31.2 Å². The average Bonchev–Trinajstić information content (AvgIpc) is 2.43. The van der Waals surface area contributed by atoms with Crippen LogP contribution < -0.4 is 11.1 Å². The predicted octanol–water partition coefficient (Wildman–Crippen LogP) is 1.17. The molecule has 5 nitrogen and oxygen atoms in total. The number of carbonyl (C=O) groups is 1. The lowest BCUT2D eigenvalue weighted by Gasteiger charge is -2.17. The summed E-state index contributed by atoms with van der Waals surface area (Å²) in [6, 6.07) is 0. The summed E-state index contributed by atoms with van der Waals surface area (Å²) >= 11 is 0. The number of hydrogen-bond acceptors (Lipinski definition) is 3. The second kappa shape index (κ2) is 4.55. The van der Waals surface area contributed by atoms with Crippen LogP contribution in [0, 0.1) is 5.41 Å². The Hall–Kier alpha value is -1.52. The Morgan fingerprint density at radius 1 is 1.56 bits per heavy atom. The van der Waals surface area contributed by atoms with Crippen molar-refractivity contribution in [2.75, 3.05) is 12.3 Å². The summed E-state index contributed by atoms with van der Waals surface area (Å²) in [7, 11) is 1.74. The van der Waals surface area contributed by atoms with Crippen LogP contribution in [0.5, 0.6) is 0 Å². The van der Waals surface area contributed by atoms with Gasteiger partial charge in [-0.3, -0.25) is 9.48 Å². The van der Waals surface area contributed by atoms with Gasteiger partial charge in [-0.25, -0.2) is 0 Å². The van der Waals surface area contributed by atoms with Gasteiger partial charge in [-0.05, 0) is 11.8 Å². The molecule has 1 heterocycles. The van der Waals surface area contributed by atoms with Gasteiger partial charge < -0.3 is 11.1 Å². The normalized spacial score (nSPS) is 11.5. The number of carbonyl (C=O) groups excluding carboxylic acids is 1. The summed E-state index contributed by atoms with van der Waals surface area (Å²) in [5.41, 5.74) is 6.58. The lowest BCUT2D eigenvalue weighted by atomic mass is 9.92. The van der Waals surface area contributed by atoms with Gasteiger partial charge in [-0.1, -0.05) is 20.8 Å². The molecule has 1 aromatic heterocycles. The van der Waals surface area contributed by atoms with E-state index in [-0.39, 0.29) is 11.3 Å². The molecule has 1 amide bonds. The molecule has 0 aliphatic carbocycles. The van der Waals surface area contributed by atoms with Crippen molar-refractivity contribution in [3.8, 4) is 0 Å². The van der Waals surface area contributed by atoms with Crippen LogP contribution in [-0.4, -0.2) is 22.2 Å². The molecule has 0 saturated heterocycles. The minimum Gasteiger partial charge on any atom is -0.396 e. The highest BCUT2D eigenvalue weighted by Gasteiger charge is 2.15. The highest BCUT2D eigenvalue weighted by molar-refractivity contribution is 5.96. The van der Waals surface area contributed by atoms with Crippen LogP contribution in [0.4, 0.5) is 5.69 Å². The van der Waals surface area contributed by atoms with Crippen LogP contribution in [0.3, 0.4) is 0 Å². The topological polar surface area (TPSA) is 72.9 Å². The van der Waals surface area contributed by atoms with Gasteiger partial charge in [-0.2, -0.15) is 5.10 Å². The molecular formula is C11H20N4O. The van der Waals surface area contributed by atoms with Gasteiger partial charge in [-0.15, -0.1) is 0 Å². The summed E-state index contributed by atoms with van der Waals surface area (Å²) in [6.45, 7) is 7.04. The molecule has 16 heavy (non-hydrogen) atoms. The molecule has 0 spiro atoms. The molecule has 0 radical (unpaired) electrons. The predicted molar refractivity (Wildman–Crippen MR) is 64.0 cm³/mol. The maximum absolute atomic E-state index is 11.7. The zero-order valence-electron chi connectivity index (χ0n) is 10.4. The Morgan fingerprint density at radius 3 is 2.62 bits per heavy atom. The molecule has 3 N–H and O–H groups in total. The van der Waals surface area contributed by atoms with E-state index in [9.17, 15) is 4.79 Å². The van der Waals surface area contributed by atoms with Crippen molar-refractivity contribution in [2.45, 2.75) is 27.2 Å². The molecule has 0 atom stereocenters. The zero-order chi connectivity index (χ0) is 12.3. The lowest BCUT2D eigenvalue weighted by molar-refractivity contribution is 0.0944. The van der Waals surface area contributed by atoms with Gasteiger partial charge in [0.1, 0.15) is 0 Å². The van der Waals surface area contributed by atoms with E-state index >= 15 is 0 Å². The standard InChI is InChI=1S/C11H20N4O/c1-11(2,3)5-6-13-10(16)9-8(12)7-15(4)14-9/h7H,5-6,12H2,1-4H3,(H,13,16). The van der Waals surface area contributed by atoms with Gasteiger partial charge in [0.15, 0.2) is 5.69 Å². The van der Waals surface area contributed by atoms with E-state index in [1.54, 1.807) is 13.2 Å². The fourth-order valence-electron chi connectivity index (χ4n) is 1.32. The first-order valence-corrected chi connectivity index (χ1v) is 5.37. The minimum atomic E-state index is -0.206. The highest BCUT2D eigenvalue weighted by Crippen LogP contribution is 2.17. The second-order valence-electron chi connectivity index (χ2n) is 5.17. The third-order valence-electron chi connectivity index (χ3n) is 2.23. The van der Waals surface area contributed by atoms with Crippen LogP contribution in [-0.2, 0) is 7.05 Å². The fourth-order valence-corrected chi connectivity index (χ4v) is 1.32. The summed E-state index contributed by atoms with van der Waals surface area (Å²) in [5, 5.41) is 6.82. The molecule has 1 rings (SSSR count). The molecule has 0 unspecified atom stereocenters. The van der Waals surface area contributed by atoms with E-state index in [4.69, 9.17) is 5.73 Å². The number of rotatable bonds is 3. The number of aromatic nitrogens is 2. The second-order valence-corrected chi connectivity index (χ2v) is 5.17. The first-order valence-electron chi connectivity index (χ1n) is 5.37. The van der Waals surface area contributed by atoms with Crippen molar-refractivity contribution in [1.29, 1.82) is 0 Å². The van der Waals surface area contributed by atoms with Crippen molar-refractivity contribution in [2.24, 2.45) is 12.5 Å². The van der Waals surface area contributed by atoms with Crippen molar-refractivity contribution >= 4 is 11.6 Å². The fraction of sp³-hybridized carbons (Fsp3) is 0.636.